The fourth-order valence-electron chi connectivity index (χ4n) is 1.47. The minimum atomic E-state index is 0.210. The molecule has 0 spiro atoms. The maximum atomic E-state index is 11.4. The van der Waals surface area contributed by atoms with Crippen LogP contribution in [0.2, 0.25) is 0 Å². The Balaban J connectivity index is 1.67. The second-order valence-corrected chi connectivity index (χ2v) is 5.17. The van der Waals surface area contributed by atoms with Crippen LogP contribution in [0, 0.1) is 0 Å². The van der Waals surface area contributed by atoms with Crippen LogP contribution >= 0.6 is 11.8 Å². The average Bonchev–Trinajstić information content (AvgIpc) is 2.76. The Morgan fingerprint density at radius 3 is 2.92 bits per heavy atom. The molecule has 13 heavy (non-hydrogen) atoms. The van der Waals surface area contributed by atoms with Crippen molar-refractivity contribution in [1.29, 1.82) is 0 Å². The zero-order valence-corrected chi connectivity index (χ0v) is 8.69. The van der Waals surface area contributed by atoms with Gasteiger partial charge in [0.05, 0.1) is 11.8 Å². The maximum absolute atomic E-state index is 11.4. The third-order valence-corrected chi connectivity index (χ3v) is 3.73. The molecule has 4 heteroatoms. The Labute approximate surface area is 83.0 Å². The number of hydrogen-bond donors (Lipinski definition) is 2. The van der Waals surface area contributed by atoms with Crippen LogP contribution in [0.3, 0.4) is 0 Å². The summed E-state index contributed by atoms with van der Waals surface area (Å²) in [5, 5.41) is 6.73. The molecule has 1 aliphatic carbocycles. The topological polar surface area (TPSA) is 41.1 Å². The molecule has 0 aromatic heterocycles. The van der Waals surface area contributed by atoms with Crippen molar-refractivity contribution in [3.63, 3.8) is 0 Å². The first-order valence-electron chi connectivity index (χ1n) is 4.91. The first kappa shape index (κ1) is 9.34. The van der Waals surface area contributed by atoms with Crippen molar-refractivity contribution in [2.75, 3.05) is 5.75 Å². The third-order valence-electron chi connectivity index (χ3n) is 2.33. The van der Waals surface area contributed by atoms with Crippen molar-refractivity contribution < 1.29 is 4.79 Å². The minimum Gasteiger partial charge on any atom is -0.353 e. The summed E-state index contributed by atoms with van der Waals surface area (Å²) < 4.78 is 0. The van der Waals surface area contributed by atoms with Gasteiger partial charge in [-0.25, -0.2) is 0 Å². The number of carbonyl (C=O) groups excluding carboxylic acids is 1. The molecule has 74 valence electrons. The molecule has 1 aliphatic heterocycles. The van der Waals surface area contributed by atoms with E-state index in [9.17, 15) is 4.79 Å². The normalized spacial score (nSPS) is 33.3. The molecule has 0 aromatic rings. The van der Waals surface area contributed by atoms with Gasteiger partial charge >= 0.3 is 0 Å². The fraction of sp³-hybridized carbons (Fsp3) is 0.889. The Morgan fingerprint density at radius 2 is 2.38 bits per heavy atom. The lowest BCUT2D eigenvalue weighted by atomic mass is 10.3. The van der Waals surface area contributed by atoms with Crippen molar-refractivity contribution in [3.05, 3.63) is 0 Å². The summed E-state index contributed by atoms with van der Waals surface area (Å²) in [6.45, 7) is 2.16. The van der Waals surface area contributed by atoms with Gasteiger partial charge in [-0.3, -0.25) is 4.79 Å². The van der Waals surface area contributed by atoms with Crippen LogP contribution in [0.1, 0.15) is 26.2 Å². The quantitative estimate of drug-likeness (QED) is 0.705. The van der Waals surface area contributed by atoms with Crippen molar-refractivity contribution in [1.82, 2.24) is 10.6 Å². The van der Waals surface area contributed by atoms with E-state index >= 15 is 0 Å². The zero-order chi connectivity index (χ0) is 9.26. The zero-order valence-electron chi connectivity index (χ0n) is 7.88. The van der Waals surface area contributed by atoms with Crippen LogP contribution in [0.5, 0.6) is 0 Å². The lowest BCUT2D eigenvalue weighted by Gasteiger charge is -2.10. The summed E-state index contributed by atoms with van der Waals surface area (Å²) in [6, 6.07) is 1.06. The van der Waals surface area contributed by atoms with Gasteiger partial charge in [-0.1, -0.05) is 0 Å². The summed E-state index contributed by atoms with van der Waals surface area (Å²) in [6.07, 6.45) is 2.98. The van der Waals surface area contributed by atoms with Crippen molar-refractivity contribution >= 4 is 17.7 Å². The van der Waals surface area contributed by atoms with E-state index in [1.807, 2.05) is 11.8 Å². The summed E-state index contributed by atoms with van der Waals surface area (Å²) >= 11 is 1.85. The van der Waals surface area contributed by atoms with Gasteiger partial charge in [0.1, 0.15) is 0 Å². The largest absolute Gasteiger partial charge is 0.353 e. The van der Waals surface area contributed by atoms with Crippen LogP contribution in [0.15, 0.2) is 0 Å². The van der Waals surface area contributed by atoms with Gasteiger partial charge < -0.3 is 10.6 Å². The molecule has 2 fully saturated rings. The molecule has 0 bridgehead atoms. The Hall–Kier alpha value is -0.220. The summed E-state index contributed by atoms with van der Waals surface area (Å²) in [5.41, 5.74) is 0. The minimum absolute atomic E-state index is 0.210. The average molecular weight is 200 g/mol. The Morgan fingerprint density at radius 1 is 1.62 bits per heavy atom. The number of hydrogen-bond acceptors (Lipinski definition) is 3. The summed E-state index contributed by atoms with van der Waals surface area (Å²) in [7, 11) is 0. The number of nitrogens with one attached hydrogen (secondary N) is 2. The van der Waals surface area contributed by atoms with Crippen LogP contribution in [0.25, 0.3) is 0 Å². The first-order valence-corrected chi connectivity index (χ1v) is 5.96. The predicted octanol–water partition coefficient (Wildman–Crippen LogP) is 0.706. The van der Waals surface area contributed by atoms with Gasteiger partial charge in [0.25, 0.3) is 0 Å². The number of amides is 1. The molecular weight excluding hydrogens is 184 g/mol. The fourth-order valence-corrected chi connectivity index (χ4v) is 2.69. The van der Waals surface area contributed by atoms with E-state index in [-0.39, 0.29) is 5.91 Å². The molecule has 2 rings (SSSR count). The SMILES string of the molecule is CC1CSC(CC(=O)NC2CC2)N1. The van der Waals surface area contributed by atoms with E-state index in [1.165, 1.54) is 12.8 Å². The van der Waals surface area contributed by atoms with Crippen LogP contribution in [0.4, 0.5) is 0 Å². The van der Waals surface area contributed by atoms with E-state index in [1.54, 1.807) is 0 Å². The monoisotopic (exact) mass is 200 g/mol. The lowest BCUT2D eigenvalue weighted by Crippen LogP contribution is -2.34. The number of thioether (sulfide) groups is 1. The predicted molar refractivity (Wildman–Crippen MR) is 54.6 cm³/mol. The standard InChI is InChI=1S/C9H16N2OS/c1-6-5-13-9(10-6)4-8(12)11-7-2-3-7/h6-7,9-10H,2-5H2,1H3,(H,11,12). The smallest absolute Gasteiger partial charge is 0.222 e. The van der Waals surface area contributed by atoms with Gasteiger partial charge in [-0.2, -0.15) is 0 Å². The highest BCUT2D eigenvalue weighted by Crippen LogP contribution is 2.22. The van der Waals surface area contributed by atoms with Crippen LogP contribution < -0.4 is 10.6 Å². The van der Waals surface area contributed by atoms with E-state index < -0.39 is 0 Å². The highest BCUT2D eigenvalue weighted by molar-refractivity contribution is 8.00. The van der Waals surface area contributed by atoms with E-state index in [0.717, 1.165) is 5.75 Å². The van der Waals surface area contributed by atoms with Gasteiger partial charge in [-0.05, 0) is 19.8 Å². The van der Waals surface area contributed by atoms with Gasteiger partial charge in [0, 0.05) is 17.8 Å². The molecule has 2 unspecified atom stereocenters. The third kappa shape index (κ3) is 2.88. The van der Waals surface area contributed by atoms with Crippen LogP contribution in [-0.2, 0) is 4.79 Å². The summed E-state index contributed by atoms with van der Waals surface area (Å²) in [5.74, 6) is 1.34. The number of rotatable bonds is 3. The lowest BCUT2D eigenvalue weighted by molar-refractivity contribution is -0.121. The molecule has 1 heterocycles. The highest BCUT2D eigenvalue weighted by atomic mass is 32.2. The molecule has 3 nitrogen and oxygen atoms in total. The number of carbonyl (C=O) groups is 1. The molecule has 0 radical (unpaired) electrons. The van der Waals surface area contributed by atoms with Crippen molar-refractivity contribution in [2.24, 2.45) is 0 Å². The Bertz CT molecular complexity index is 206. The molecule has 1 saturated heterocycles. The second-order valence-electron chi connectivity index (χ2n) is 3.94. The molecule has 2 N–H and O–H groups in total. The van der Waals surface area contributed by atoms with E-state index in [0.29, 0.717) is 23.9 Å². The van der Waals surface area contributed by atoms with Crippen LogP contribution in [-0.4, -0.2) is 29.1 Å². The first-order chi connectivity index (χ1) is 6.24. The maximum Gasteiger partial charge on any atom is 0.222 e. The molecule has 1 amide bonds. The molecule has 2 atom stereocenters. The van der Waals surface area contributed by atoms with Crippen molar-refractivity contribution in [2.45, 2.75) is 43.6 Å². The van der Waals surface area contributed by atoms with E-state index in [2.05, 4.69) is 17.6 Å². The molecule has 2 aliphatic rings. The summed E-state index contributed by atoms with van der Waals surface area (Å²) in [4.78, 5) is 11.4. The van der Waals surface area contributed by atoms with Gasteiger partial charge in [-0.15, -0.1) is 11.8 Å². The highest BCUT2D eigenvalue weighted by Gasteiger charge is 2.27. The molecule has 1 saturated carbocycles. The van der Waals surface area contributed by atoms with Crippen molar-refractivity contribution in [3.8, 4) is 0 Å². The van der Waals surface area contributed by atoms with Gasteiger partial charge in [0.15, 0.2) is 0 Å². The van der Waals surface area contributed by atoms with E-state index in [4.69, 9.17) is 0 Å². The Kier molecular flexibility index (Phi) is 2.79. The second kappa shape index (κ2) is 3.88. The molecular formula is C9H16N2OS. The molecule has 0 aromatic carbocycles. The van der Waals surface area contributed by atoms with Gasteiger partial charge in [0.2, 0.25) is 5.91 Å².